The van der Waals surface area contributed by atoms with E-state index in [9.17, 15) is 21.4 Å². The Balaban J connectivity index is 3.98. The molecule has 0 aliphatic heterocycles. The summed E-state index contributed by atoms with van der Waals surface area (Å²) < 4.78 is 72.4. The van der Waals surface area contributed by atoms with Crippen molar-refractivity contribution in [2.24, 2.45) is 0 Å². The van der Waals surface area contributed by atoms with Gasteiger partial charge in [0.15, 0.2) is 0 Å². The molecule has 0 saturated heterocycles. The summed E-state index contributed by atoms with van der Waals surface area (Å²) in [6, 6.07) is 2.02. The van der Waals surface area contributed by atoms with Gasteiger partial charge in [0.2, 0.25) is 0 Å². The minimum Gasteiger partial charge on any atom is -0.321 e. The van der Waals surface area contributed by atoms with Crippen LogP contribution in [0.15, 0.2) is 28.0 Å². The van der Waals surface area contributed by atoms with E-state index >= 15 is 0 Å². The smallest absolute Gasteiger partial charge is 0.321 e. The largest absolute Gasteiger partial charge is 0.357 e. The molecule has 0 bridgehead atoms. The molecular weight excluding hydrogens is 311 g/mol. The molecule has 1 aromatic rings. The number of hydrogen-bond donors (Lipinski definition) is 4. The fourth-order valence-corrected chi connectivity index (χ4v) is 4.52. The Hall–Kier alpha value is -0.810. The van der Waals surface area contributed by atoms with E-state index in [1.54, 1.807) is 0 Å². The molecule has 9 nitrogen and oxygen atoms in total. The van der Waals surface area contributed by atoms with Crippen LogP contribution in [0.4, 0.5) is 0 Å². The Morgan fingerprint density at radius 1 is 0.944 bits per heavy atom. The average Bonchev–Trinajstić information content (AvgIpc) is 2.12. The summed E-state index contributed by atoms with van der Waals surface area (Å²) in [4.78, 5) is 14.9. The molecule has 0 radical (unpaired) electrons. The van der Waals surface area contributed by atoms with Crippen LogP contribution in [0.25, 0.3) is 0 Å². The summed E-state index contributed by atoms with van der Waals surface area (Å²) in [6.07, 6.45) is 0. The van der Waals surface area contributed by atoms with E-state index in [2.05, 4.69) is 0 Å². The van der Waals surface area contributed by atoms with Crippen molar-refractivity contribution in [2.75, 3.05) is 0 Å². The summed E-state index contributed by atoms with van der Waals surface area (Å²) >= 11 is 0. The van der Waals surface area contributed by atoms with E-state index in [-0.39, 0.29) is 0 Å². The van der Waals surface area contributed by atoms with Crippen molar-refractivity contribution in [3.8, 4) is 0 Å². The van der Waals surface area contributed by atoms with Gasteiger partial charge in [0.1, 0.15) is 9.79 Å². The summed E-state index contributed by atoms with van der Waals surface area (Å²) in [5.41, 5.74) is 0. The molecule has 1 aromatic carbocycles. The molecule has 0 atom stereocenters. The van der Waals surface area contributed by atoms with Gasteiger partial charge in [-0.25, -0.2) is 0 Å². The van der Waals surface area contributed by atoms with Gasteiger partial charge in [-0.15, -0.1) is 0 Å². The SMILES string of the molecule is O=P(O)(O)c1cccc(S(=O)(=O)O)c1S(=O)(=O)O. The third-order valence-corrected chi connectivity index (χ3v) is 4.94. The maximum absolute atomic E-state index is 11.0. The predicted molar refractivity (Wildman–Crippen MR) is 57.7 cm³/mol. The molecule has 4 N–H and O–H groups in total. The fraction of sp³-hybridized carbons (Fsp3) is 0. The molecule has 0 spiro atoms. The first kappa shape index (κ1) is 15.2. The molecule has 1 rings (SSSR count). The van der Waals surface area contributed by atoms with E-state index in [4.69, 9.17) is 18.9 Å². The van der Waals surface area contributed by atoms with Crippen molar-refractivity contribution < 1.29 is 40.3 Å². The van der Waals surface area contributed by atoms with Gasteiger partial charge in [0.25, 0.3) is 20.2 Å². The Bertz CT molecular complexity index is 726. The summed E-state index contributed by atoms with van der Waals surface area (Å²) in [5.74, 6) is 0. The van der Waals surface area contributed by atoms with Gasteiger partial charge in [-0.05, 0) is 12.1 Å². The van der Waals surface area contributed by atoms with Crippen LogP contribution in [0, 0.1) is 0 Å². The molecule has 12 heteroatoms. The highest BCUT2D eigenvalue weighted by Gasteiger charge is 2.33. The monoisotopic (exact) mass is 318 g/mol. The lowest BCUT2D eigenvalue weighted by Gasteiger charge is -2.11. The first-order valence-electron chi connectivity index (χ1n) is 3.99. The normalized spacial score (nSPS) is 13.6. The van der Waals surface area contributed by atoms with Crippen molar-refractivity contribution in [1.82, 2.24) is 0 Å². The van der Waals surface area contributed by atoms with E-state index in [1.165, 1.54) is 0 Å². The standard InChI is InChI=1S/C6H7O9PS2/c7-16(8,9)4-2-1-3-5(17(10,11)12)6(4)18(13,14)15/h1-3H,(H2,7,8,9)(H,10,11,12)(H,13,14,15). The zero-order valence-corrected chi connectivity index (χ0v) is 10.9. The molecule has 0 unspecified atom stereocenters. The van der Waals surface area contributed by atoms with Gasteiger partial charge >= 0.3 is 7.60 Å². The Morgan fingerprint density at radius 2 is 1.44 bits per heavy atom. The van der Waals surface area contributed by atoms with Crippen LogP contribution in [-0.4, -0.2) is 35.7 Å². The third kappa shape index (κ3) is 3.14. The van der Waals surface area contributed by atoms with E-state index in [0.717, 1.165) is 6.07 Å². The molecule has 18 heavy (non-hydrogen) atoms. The molecule has 0 aromatic heterocycles. The summed E-state index contributed by atoms with van der Waals surface area (Å²) in [6.45, 7) is 0. The van der Waals surface area contributed by atoms with Crippen LogP contribution in [0.1, 0.15) is 0 Å². The van der Waals surface area contributed by atoms with Crippen molar-refractivity contribution in [1.29, 1.82) is 0 Å². The van der Waals surface area contributed by atoms with Gasteiger partial charge in [-0.3, -0.25) is 13.7 Å². The lowest BCUT2D eigenvalue weighted by Crippen LogP contribution is -2.20. The summed E-state index contributed by atoms with van der Waals surface area (Å²) in [7, 11) is -15.5. The van der Waals surface area contributed by atoms with E-state index < -0.39 is 42.9 Å². The highest BCUT2D eigenvalue weighted by molar-refractivity contribution is 7.89. The quantitative estimate of drug-likeness (QED) is 0.403. The van der Waals surface area contributed by atoms with Crippen LogP contribution >= 0.6 is 7.60 Å². The number of rotatable bonds is 3. The molecule has 102 valence electrons. The first-order chi connectivity index (χ1) is 7.85. The minimum absolute atomic E-state index is 0.581. The molecule has 0 saturated carbocycles. The number of benzene rings is 1. The Morgan fingerprint density at radius 3 is 1.78 bits per heavy atom. The zero-order valence-electron chi connectivity index (χ0n) is 8.33. The maximum Gasteiger partial charge on any atom is 0.357 e. The van der Waals surface area contributed by atoms with Crippen molar-refractivity contribution in [3.05, 3.63) is 18.2 Å². The highest BCUT2D eigenvalue weighted by atomic mass is 32.2. The molecule has 0 aliphatic rings. The highest BCUT2D eigenvalue weighted by Crippen LogP contribution is 2.37. The predicted octanol–water partition coefficient (Wildman–Crippen LogP) is -1.02. The molecule has 0 heterocycles. The van der Waals surface area contributed by atoms with Gasteiger partial charge in [0.05, 0.1) is 5.30 Å². The van der Waals surface area contributed by atoms with Crippen molar-refractivity contribution in [3.63, 3.8) is 0 Å². The fourth-order valence-electron chi connectivity index (χ4n) is 1.20. The lowest BCUT2D eigenvalue weighted by molar-refractivity contribution is 0.385. The van der Waals surface area contributed by atoms with Crippen LogP contribution in [0.2, 0.25) is 0 Å². The van der Waals surface area contributed by atoms with Crippen molar-refractivity contribution in [2.45, 2.75) is 9.79 Å². The van der Waals surface area contributed by atoms with Gasteiger partial charge in [-0.2, -0.15) is 16.8 Å². The second kappa shape index (κ2) is 4.38. The van der Waals surface area contributed by atoms with Crippen LogP contribution in [0.3, 0.4) is 0 Å². The van der Waals surface area contributed by atoms with Gasteiger partial charge in [0, 0.05) is 0 Å². The topological polar surface area (TPSA) is 166 Å². The molecule has 0 amide bonds. The van der Waals surface area contributed by atoms with Crippen molar-refractivity contribution >= 4 is 33.1 Å². The zero-order chi connectivity index (χ0) is 14.4. The number of hydrogen-bond acceptors (Lipinski definition) is 5. The van der Waals surface area contributed by atoms with Gasteiger partial charge < -0.3 is 9.79 Å². The van der Waals surface area contributed by atoms with Gasteiger partial charge in [-0.1, -0.05) is 6.07 Å². The van der Waals surface area contributed by atoms with E-state index in [0.29, 0.717) is 12.1 Å². The second-order valence-electron chi connectivity index (χ2n) is 3.10. The first-order valence-corrected chi connectivity index (χ1v) is 8.48. The lowest BCUT2D eigenvalue weighted by atomic mass is 10.4. The maximum atomic E-state index is 11.0. The Kier molecular flexibility index (Phi) is 3.71. The van der Waals surface area contributed by atoms with Crippen LogP contribution in [-0.2, 0) is 24.8 Å². The second-order valence-corrected chi connectivity index (χ2v) is 7.42. The molecular formula is C6H7O9PS2. The third-order valence-electron chi connectivity index (χ3n) is 1.81. The molecule has 0 fully saturated rings. The minimum atomic E-state index is -5.26. The Labute approximate surface area is 102 Å². The summed E-state index contributed by atoms with van der Waals surface area (Å²) in [5, 5.41) is -1.22. The average molecular weight is 318 g/mol. The molecule has 0 aliphatic carbocycles. The van der Waals surface area contributed by atoms with Crippen LogP contribution in [0.5, 0.6) is 0 Å². The van der Waals surface area contributed by atoms with E-state index in [1.807, 2.05) is 0 Å². The van der Waals surface area contributed by atoms with Crippen LogP contribution < -0.4 is 5.30 Å².